The van der Waals surface area contributed by atoms with E-state index in [0.717, 1.165) is 35.7 Å². The fourth-order valence-electron chi connectivity index (χ4n) is 2.91. The number of thiazole rings is 1. The van der Waals surface area contributed by atoms with Crippen LogP contribution in [0.15, 0.2) is 16.2 Å². The highest BCUT2D eigenvalue weighted by atomic mass is 32.1. The van der Waals surface area contributed by atoms with Crippen molar-refractivity contribution in [1.82, 2.24) is 9.55 Å². The Labute approximate surface area is 122 Å². The van der Waals surface area contributed by atoms with E-state index < -0.39 is 0 Å². The molecule has 1 aliphatic carbocycles. The van der Waals surface area contributed by atoms with Crippen LogP contribution in [0.1, 0.15) is 37.6 Å². The second kappa shape index (κ2) is 5.05. The molecule has 0 fully saturated rings. The van der Waals surface area contributed by atoms with Gasteiger partial charge in [-0.3, -0.25) is 4.79 Å². The van der Waals surface area contributed by atoms with Gasteiger partial charge < -0.3 is 9.88 Å². The molecule has 2 heterocycles. The van der Waals surface area contributed by atoms with E-state index in [1.165, 1.54) is 22.6 Å². The van der Waals surface area contributed by atoms with E-state index in [2.05, 4.69) is 30.2 Å². The molecule has 0 aromatic carbocycles. The minimum Gasteiger partial charge on any atom is -0.365 e. The lowest BCUT2D eigenvalue weighted by Gasteiger charge is -2.17. The highest BCUT2D eigenvalue weighted by Gasteiger charge is 2.22. The molecule has 106 valence electrons. The van der Waals surface area contributed by atoms with Crippen LogP contribution in [0, 0.1) is 0 Å². The molecule has 0 bridgehead atoms. The van der Waals surface area contributed by atoms with Crippen molar-refractivity contribution in [2.24, 2.45) is 0 Å². The van der Waals surface area contributed by atoms with E-state index in [9.17, 15) is 4.79 Å². The fraction of sp³-hybridized carbons (Fsp3) is 0.467. The fourth-order valence-corrected chi connectivity index (χ4v) is 3.58. The maximum absolute atomic E-state index is 12.8. The smallest absolute Gasteiger partial charge is 0.260 e. The zero-order chi connectivity index (χ0) is 14.3. The molecule has 0 radical (unpaired) electrons. The van der Waals surface area contributed by atoms with E-state index in [4.69, 9.17) is 0 Å². The highest BCUT2D eigenvalue weighted by Crippen LogP contribution is 2.28. The molecule has 4 nitrogen and oxygen atoms in total. The van der Waals surface area contributed by atoms with Crippen LogP contribution in [-0.4, -0.2) is 16.6 Å². The largest absolute Gasteiger partial charge is 0.365 e. The number of hydrogen-bond donors (Lipinski definition) is 1. The summed E-state index contributed by atoms with van der Waals surface area (Å²) in [5.74, 6) is 0. The summed E-state index contributed by atoms with van der Waals surface area (Å²) in [6.45, 7) is 4.15. The summed E-state index contributed by atoms with van der Waals surface area (Å²) in [4.78, 5) is 17.3. The van der Waals surface area contributed by atoms with E-state index >= 15 is 0 Å². The van der Waals surface area contributed by atoms with Crippen LogP contribution < -0.4 is 10.9 Å². The lowest BCUT2D eigenvalue weighted by atomic mass is 10.1. The van der Waals surface area contributed by atoms with Crippen molar-refractivity contribution in [1.29, 1.82) is 0 Å². The van der Waals surface area contributed by atoms with E-state index in [-0.39, 0.29) is 11.6 Å². The number of pyridine rings is 1. The van der Waals surface area contributed by atoms with Crippen molar-refractivity contribution in [2.75, 3.05) is 12.4 Å². The summed E-state index contributed by atoms with van der Waals surface area (Å²) in [6, 6.07) is 2.25. The maximum atomic E-state index is 12.8. The standard InChI is InChI=1S/C15H19N3OS/c1-9(2)18-13-6-4-5-10(13)7-11(14(18)19)12-8-20-15(16-3)17-12/h7-9H,4-6H2,1-3H3,(H,16,17). The van der Waals surface area contributed by atoms with Crippen LogP contribution >= 0.6 is 11.3 Å². The van der Waals surface area contributed by atoms with Gasteiger partial charge in [0.15, 0.2) is 5.13 Å². The molecule has 0 atom stereocenters. The number of anilines is 1. The third-order valence-electron chi connectivity index (χ3n) is 3.80. The van der Waals surface area contributed by atoms with Crippen LogP contribution in [0.3, 0.4) is 0 Å². The molecule has 3 rings (SSSR count). The van der Waals surface area contributed by atoms with Crippen LogP contribution in [0.25, 0.3) is 11.3 Å². The molecule has 5 heteroatoms. The summed E-state index contributed by atoms with van der Waals surface area (Å²) in [5, 5.41) is 5.82. The van der Waals surface area contributed by atoms with Crippen LogP contribution in [0.4, 0.5) is 5.13 Å². The third-order valence-corrected chi connectivity index (χ3v) is 4.66. The molecular weight excluding hydrogens is 270 g/mol. The van der Waals surface area contributed by atoms with Crippen LogP contribution in [0.2, 0.25) is 0 Å². The van der Waals surface area contributed by atoms with Crippen molar-refractivity contribution < 1.29 is 0 Å². The molecule has 2 aromatic heterocycles. The molecule has 1 aliphatic rings. The predicted molar refractivity (Wildman–Crippen MR) is 83.8 cm³/mol. The summed E-state index contributed by atoms with van der Waals surface area (Å²) >= 11 is 1.53. The quantitative estimate of drug-likeness (QED) is 0.944. The van der Waals surface area contributed by atoms with Crippen molar-refractivity contribution in [2.45, 2.75) is 39.2 Å². The van der Waals surface area contributed by atoms with Gasteiger partial charge in [0.1, 0.15) is 0 Å². The average molecular weight is 289 g/mol. The summed E-state index contributed by atoms with van der Waals surface area (Å²) in [5.41, 5.74) is 4.14. The Morgan fingerprint density at radius 3 is 2.85 bits per heavy atom. The van der Waals surface area contributed by atoms with Gasteiger partial charge in [-0.2, -0.15) is 0 Å². The predicted octanol–water partition coefficient (Wildman–Crippen LogP) is 3.08. The summed E-state index contributed by atoms with van der Waals surface area (Å²) < 4.78 is 1.95. The molecule has 0 spiro atoms. The number of aromatic nitrogens is 2. The molecular formula is C15H19N3OS. The van der Waals surface area contributed by atoms with Crippen molar-refractivity contribution >= 4 is 16.5 Å². The van der Waals surface area contributed by atoms with E-state index in [1.54, 1.807) is 0 Å². The SMILES string of the molecule is CNc1nc(-c2cc3c(n(C(C)C)c2=O)CCC3)cs1. The number of rotatable bonds is 3. The number of hydrogen-bond acceptors (Lipinski definition) is 4. The second-order valence-corrected chi connectivity index (χ2v) is 6.30. The van der Waals surface area contributed by atoms with Gasteiger partial charge >= 0.3 is 0 Å². The lowest BCUT2D eigenvalue weighted by molar-refractivity contribution is 0.555. The van der Waals surface area contributed by atoms with Crippen molar-refractivity contribution in [3.05, 3.63) is 33.1 Å². The Morgan fingerprint density at radius 1 is 1.40 bits per heavy atom. The molecule has 20 heavy (non-hydrogen) atoms. The number of fused-ring (bicyclic) bond motifs is 1. The number of nitrogens with zero attached hydrogens (tertiary/aromatic N) is 2. The zero-order valence-corrected chi connectivity index (χ0v) is 12.9. The number of aryl methyl sites for hydroxylation is 1. The summed E-state index contributed by atoms with van der Waals surface area (Å²) in [6.07, 6.45) is 3.23. The van der Waals surface area contributed by atoms with Crippen LogP contribution in [0.5, 0.6) is 0 Å². The Kier molecular flexibility index (Phi) is 3.38. The minimum atomic E-state index is 0.0913. The first-order chi connectivity index (χ1) is 9.61. The lowest BCUT2D eigenvalue weighted by Crippen LogP contribution is -2.26. The maximum Gasteiger partial charge on any atom is 0.260 e. The molecule has 0 aliphatic heterocycles. The summed E-state index contributed by atoms with van der Waals surface area (Å²) in [7, 11) is 1.84. The Balaban J connectivity index is 2.22. The zero-order valence-electron chi connectivity index (χ0n) is 12.1. The Morgan fingerprint density at radius 2 is 2.20 bits per heavy atom. The van der Waals surface area contributed by atoms with Gasteiger partial charge in [0.25, 0.3) is 5.56 Å². The Hall–Kier alpha value is -1.62. The molecule has 0 unspecified atom stereocenters. The van der Waals surface area contributed by atoms with Gasteiger partial charge in [-0.15, -0.1) is 11.3 Å². The van der Waals surface area contributed by atoms with Gasteiger partial charge in [-0.1, -0.05) is 0 Å². The molecule has 0 amide bonds. The molecule has 0 saturated carbocycles. The van der Waals surface area contributed by atoms with Gasteiger partial charge in [0.05, 0.1) is 11.3 Å². The highest BCUT2D eigenvalue weighted by molar-refractivity contribution is 7.14. The average Bonchev–Trinajstić information content (AvgIpc) is 3.05. The molecule has 1 N–H and O–H groups in total. The topological polar surface area (TPSA) is 46.9 Å². The van der Waals surface area contributed by atoms with Gasteiger partial charge in [-0.25, -0.2) is 4.98 Å². The molecule has 2 aromatic rings. The first kappa shape index (κ1) is 13.4. The van der Waals surface area contributed by atoms with Gasteiger partial charge in [-0.05, 0) is 44.7 Å². The van der Waals surface area contributed by atoms with Crippen molar-refractivity contribution in [3.63, 3.8) is 0 Å². The van der Waals surface area contributed by atoms with Gasteiger partial charge in [0, 0.05) is 24.2 Å². The third kappa shape index (κ3) is 2.06. The number of nitrogens with one attached hydrogen (secondary N) is 1. The monoisotopic (exact) mass is 289 g/mol. The van der Waals surface area contributed by atoms with Gasteiger partial charge in [0.2, 0.25) is 0 Å². The van der Waals surface area contributed by atoms with Crippen LogP contribution in [-0.2, 0) is 12.8 Å². The first-order valence-corrected chi connectivity index (χ1v) is 7.90. The van der Waals surface area contributed by atoms with E-state index in [1.807, 2.05) is 17.0 Å². The first-order valence-electron chi connectivity index (χ1n) is 7.02. The normalized spacial score (nSPS) is 13.8. The molecule has 0 saturated heterocycles. The van der Waals surface area contributed by atoms with E-state index in [0.29, 0.717) is 0 Å². The van der Waals surface area contributed by atoms with Crippen molar-refractivity contribution in [3.8, 4) is 11.3 Å². The minimum absolute atomic E-state index is 0.0913. The second-order valence-electron chi connectivity index (χ2n) is 5.44. The Bertz CT molecular complexity index is 700.